The largest absolute Gasteiger partial charge is 0.375 e. The fraction of sp³-hybridized carbons (Fsp3) is 0.259. The second kappa shape index (κ2) is 8.48. The minimum Gasteiger partial charge on any atom is -0.375 e. The molecule has 0 saturated carbocycles. The first kappa shape index (κ1) is 21.0. The van der Waals surface area contributed by atoms with E-state index in [0.717, 1.165) is 24.0 Å². The number of para-hydroxylation sites is 1. The van der Waals surface area contributed by atoms with Crippen molar-refractivity contribution in [3.05, 3.63) is 101 Å². The van der Waals surface area contributed by atoms with E-state index >= 15 is 0 Å². The number of carbonyl (C=O) groups excluding carboxylic acids is 2. The van der Waals surface area contributed by atoms with Crippen molar-refractivity contribution >= 4 is 17.4 Å². The fourth-order valence-corrected chi connectivity index (χ4v) is 4.27. The maximum atomic E-state index is 13.4. The van der Waals surface area contributed by atoms with Gasteiger partial charge in [0.25, 0.3) is 5.91 Å². The molecule has 0 radical (unpaired) electrons. The van der Waals surface area contributed by atoms with E-state index in [1.807, 2.05) is 55.5 Å². The molecule has 3 aromatic carbocycles. The summed E-state index contributed by atoms with van der Waals surface area (Å²) < 4.78 is 0. The van der Waals surface area contributed by atoms with Crippen molar-refractivity contribution in [1.29, 1.82) is 0 Å². The lowest BCUT2D eigenvalue weighted by Crippen LogP contribution is -2.41. The van der Waals surface area contributed by atoms with E-state index in [0.29, 0.717) is 23.4 Å². The monoisotopic (exact) mass is 413 g/mol. The van der Waals surface area contributed by atoms with E-state index in [9.17, 15) is 14.7 Å². The van der Waals surface area contributed by atoms with Gasteiger partial charge in [0.1, 0.15) is 0 Å². The molecule has 0 bridgehead atoms. The lowest BCUT2D eigenvalue weighted by molar-refractivity contribution is -0.136. The van der Waals surface area contributed by atoms with Gasteiger partial charge in [-0.25, -0.2) is 0 Å². The average Bonchev–Trinajstić information content (AvgIpc) is 2.98. The molecule has 1 N–H and O–H groups in total. The third-order valence-electron chi connectivity index (χ3n) is 6.06. The van der Waals surface area contributed by atoms with Gasteiger partial charge in [-0.1, -0.05) is 80.1 Å². The smallest absolute Gasteiger partial charge is 0.264 e. The number of rotatable bonds is 7. The van der Waals surface area contributed by atoms with Crippen LogP contribution in [-0.2, 0) is 23.4 Å². The summed E-state index contributed by atoms with van der Waals surface area (Å²) >= 11 is 0. The van der Waals surface area contributed by atoms with Gasteiger partial charge in [0.2, 0.25) is 0 Å². The van der Waals surface area contributed by atoms with E-state index in [1.54, 1.807) is 29.2 Å². The molecular weight excluding hydrogens is 386 g/mol. The predicted octanol–water partition coefficient (Wildman–Crippen LogP) is 4.95. The van der Waals surface area contributed by atoms with Gasteiger partial charge in [-0.2, -0.15) is 0 Å². The van der Waals surface area contributed by atoms with Crippen molar-refractivity contribution in [2.24, 2.45) is 0 Å². The molecule has 1 aliphatic heterocycles. The second-order valence-corrected chi connectivity index (χ2v) is 8.24. The molecule has 0 saturated heterocycles. The molecule has 3 aromatic rings. The number of fused-ring (bicyclic) bond motifs is 1. The van der Waals surface area contributed by atoms with Crippen molar-refractivity contribution in [3.63, 3.8) is 0 Å². The van der Waals surface area contributed by atoms with Crippen LogP contribution in [0.4, 0.5) is 5.69 Å². The second-order valence-electron chi connectivity index (χ2n) is 8.24. The topological polar surface area (TPSA) is 57.6 Å². The van der Waals surface area contributed by atoms with Crippen LogP contribution in [0.2, 0.25) is 0 Å². The Labute approximate surface area is 183 Å². The quantitative estimate of drug-likeness (QED) is 0.557. The number of benzene rings is 3. The summed E-state index contributed by atoms with van der Waals surface area (Å²) in [5.41, 5.74) is 3.05. The van der Waals surface area contributed by atoms with Crippen molar-refractivity contribution in [2.75, 3.05) is 4.90 Å². The molecule has 4 rings (SSSR count). The summed E-state index contributed by atoms with van der Waals surface area (Å²) in [6.45, 7) is 4.46. The third-order valence-corrected chi connectivity index (χ3v) is 6.06. The summed E-state index contributed by atoms with van der Waals surface area (Å²) in [4.78, 5) is 28.0. The van der Waals surface area contributed by atoms with Crippen LogP contribution in [0.3, 0.4) is 0 Å². The maximum Gasteiger partial charge on any atom is 0.264 e. The van der Waals surface area contributed by atoms with Gasteiger partial charge in [-0.05, 0) is 36.1 Å². The highest BCUT2D eigenvalue weighted by Crippen LogP contribution is 2.43. The van der Waals surface area contributed by atoms with Crippen molar-refractivity contribution in [3.8, 4) is 0 Å². The summed E-state index contributed by atoms with van der Waals surface area (Å²) in [5, 5.41) is 11.5. The predicted molar refractivity (Wildman–Crippen MR) is 122 cm³/mol. The highest BCUT2D eigenvalue weighted by molar-refractivity contribution is 6.10. The van der Waals surface area contributed by atoms with Crippen LogP contribution in [0, 0.1) is 6.92 Å². The number of Topliss-reactive ketones (excluding diaryl/α,β-unsaturated/α-hetero) is 1. The Morgan fingerprint density at radius 2 is 1.65 bits per heavy atom. The molecule has 0 unspecified atom stereocenters. The van der Waals surface area contributed by atoms with Crippen molar-refractivity contribution < 1.29 is 14.7 Å². The zero-order valence-corrected chi connectivity index (χ0v) is 18.0. The Kier molecular flexibility index (Phi) is 5.75. The number of nitrogens with zero attached hydrogens (tertiary/aromatic N) is 1. The molecule has 4 heteroatoms. The first-order chi connectivity index (χ1) is 14.9. The highest BCUT2D eigenvalue weighted by atomic mass is 16.3. The Morgan fingerprint density at radius 1 is 0.968 bits per heavy atom. The first-order valence-electron chi connectivity index (χ1n) is 10.7. The number of amides is 1. The van der Waals surface area contributed by atoms with Crippen LogP contribution in [0.1, 0.15) is 52.4 Å². The number of aliphatic hydroxyl groups is 1. The third kappa shape index (κ3) is 3.91. The summed E-state index contributed by atoms with van der Waals surface area (Å²) in [5.74, 6) is -0.695. The Morgan fingerprint density at radius 3 is 2.35 bits per heavy atom. The lowest BCUT2D eigenvalue weighted by Gasteiger charge is -2.23. The zero-order valence-electron chi connectivity index (χ0n) is 18.0. The van der Waals surface area contributed by atoms with Gasteiger partial charge >= 0.3 is 0 Å². The number of hydrogen-bond acceptors (Lipinski definition) is 3. The van der Waals surface area contributed by atoms with Crippen LogP contribution in [0.15, 0.2) is 72.8 Å². The van der Waals surface area contributed by atoms with Gasteiger partial charge in [0.05, 0.1) is 18.7 Å². The summed E-state index contributed by atoms with van der Waals surface area (Å²) in [7, 11) is 0. The molecular formula is C27H27NO3. The van der Waals surface area contributed by atoms with Gasteiger partial charge in [0.15, 0.2) is 11.4 Å². The Bertz CT molecular complexity index is 1120. The lowest BCUT2D eigenvalue weighted by atomic mass is 9.88. The Hall–Kier alpha value is -3.24. The number of ketones is 1. The molecule has 0 aromatic heterocycles. The molecule has 1 heterocycles. The molecule has 4 nitrogen and oxygen atoms in total. The number of hydrogen-bond donors (Lipinski definition) is 1. The van der Waals surface area contributed by atoms with Gasteiger partial charge in [-0.15, -0.1) is 0 Å². The van der Waals surface area contributed by atoms with Gasteiger partial charge < -0.3 is 10.0 Å². The van der Waals surface area contributed by atoms with E-state index in [2.05, 4.69) is 6.92 Å². The zero-order chi connectivity index (χ0) is 22.0. The molecule has 0 aliphatic carbocycles. The highest BCUT2D eigenvalue weighted by Gasteiger charge is 2.50. The van der Waals surface area contributed by atoms with Crippen LogP contribution in [0.5, 0.6) is 0 Å². The minimum absolute atomic E-state index is 0.244. The van der Waals surface area contributed by atoms with Crippen LogP contribution in [-0.4, -0.2) is 16.8 Å². The standard InChI is InChI=1S/C27H27NO3/c1-3-8-20-13-15-21(16-14-20)25(29)17-27(31)23-11-6-7-12-24(23)28(26(27)30)18-22-10-5-4-9-19(22)2/h4-7,9-16,31H,3,8,17-18H2,1-2H3/t27-/m0/s1. The number of aryl methyl sites for hydroxylation is 2. The van der Waals surface area contributed by atoms with Crippen LogP contribution < -0.4 is 4.90 Å². The molecule has 1 atom stereocenters. The summed E-state index contributed by atoms with van der Waals surface area (Å²) in [6, 6.07) is 22.5. The van der Waals surface area contributed by atoms with E-state index in [4.69, 9.17) is 0 Å². The average molecular weight is 414 g/mol. The molecule has 0 spiro atoms. The van der Waals surface area contributed by atoms with E-state index in [-0.39, 0.29) is 12.2 Å². The maximum absolute atomic E-state index is 13.4. The van der Waals surface area contributed by atoms with Crippen molar-refractivity contribution in [2.45, 2.75) is 45.3 Å². The minimum atomic E-state index is -1.86. The fourth-order valence-electron chi connectivity index (χ4n) is 4.27. The van der Waals surface area contributed by atoms with Gasteiger partial charge in [0, 0.05) is 11.1 Å². The molecule has 0 fully saturated rings. The normalized spacial score (nSPS) is 17.6. The Balaban J connectivity index is 1.63. The summed E-state index contributed by atoms with van der Waals surface area (Å²) in [6.07, 6.45) is 1.72. The first-order valence-corrected chi connectivity index (χ1v) is 10.7. The van der Waals surface area contributed by atoms with E-state index in [1.165, 1.54) is 5.56 Å². The van der Waals surface area contributed by atoms with E-state index < -0.39 is 11.5 Å². The molecule has 1 amide bonds. The van der Waals surface area contributed by atoms with Crippen LogP contribution in [0.25, 0.3) is 0 Å². The SMILES string of the molecule is CCCc1ccc(C(=O)C[C@@]2(O)C(=O)N(Cc3ccccc3C)c3ccccc32)cc1. The van der Waals surface area contributed by atoms with Crippen LogP contribution >= 0.6 is 0 Å². The number of carbonyl (C=O) groups is 2. The molecule has 158 valence electrons. The van der Waals surface area contributed by atoms with Gasteiger partial charge in [-0.3, -0.25) is 9.59 Å². The molecule has 1 aliphatic rings. The van der Waals surface area contributed by atoms with Crippen molar-refractivity contribution in [1.82, 2.24) is 0 Å². The number of anilines is 1. The molecule has 31 heavy (non-hydrogen) atoms.